The van der Waals surface area contributed by atoms with Crippen molar-refractivity contribution in [3.05, 3.63) is 59.9 Å². The van der Waals surface area contributed by atoms with Gasteiger partial charge in [-0.05, 0) is 53.8 Å². The lowest BCUT2D eigenvalue weighted by Gasteiger charge is -2.18. The van der Waals surface area contributed by atoms with Crippen molar-refractivity contribution in [1.29, 1.82) is 5.41 Å². The molecule has 0 saturated heterocycles. The molecule has 8 nitrogen and oxygen atoms in total. The molecule has 170 valence electrons. The van der Waals surface area contributed by atoms with Crippen LogP contribution in [0, 0.1) is 17.7 Å². The second kappa shape index (κ2) is 8.90. The van der Waals surface area contributed by atoms with Crippen LogP contribution < -0.4 is 20.1 Å². The van der Waals surface area contributed by atoms with E-state index in [0.717, 1.165) is 22.2 Å². The van der Waals surface area contributed by atoms with Crippen LogP contribution in [0.15, 0.2) is 59.4 Å². The predicted molar refractivity (Wildman–Crippen MR) is 132 cm³/mol. The summed E-state index contributed by atoms with van der Waals surface area (Å²) in [6.45, 7) is 9.09. The minimum atomic E-state index is 0.0576. The molecular weight excluding hydrogens is 416 g/mol. The number of hydrogen-bond acceptors (Lipinski definition) is 6. The lowest BCUT2D eigenvalue weighted by atomic mass is 9.87. The van der Waals surface area contributed by atoms with E-state index in [9.17, 15) is 0 Å². The van der Waals surface area contributed by atoms with Crippen LogP contribution in [-0.2, 0) is 0 Å². The Morgan fingerprint density at radius 2 is 1.91 bits per heavy atom. The molecule has 0 amide bonds. The molecule has 0 spiro atoms. The van der Waals surface area contributed by atoms with Gasteiger partial charge < -0.3 is 20.1 Å². The molecule has 1 aliphatic rings. The van der Waals surface area contributed by atoms with Gasteiger partial charge in [-0.1, -0.05) is 26.8 Å². The zero-order valence-corrected chi connectivity index (χ0v) is 19.5. The maximum atomic E-state index is 8.27. The normalized spacial score (nSPS) is 13.4. The first-order valence-corrected chi connectivity index (χ1v) is 10.7. The molecule has 0 atom stereocenters. The summed E-state index contributed by atoms with van der Waals surface area (Å²) in [4.78, 5) is 13.1. The largest absolute Gasteiger partial charge is 0.496 e. The van der Waals surface area contributed by atoms with E-state index in [-0.39, 0.29) is 11.4 Å². The summed E-state index contributed by atoms with van der Waals surface area (Å²) >= 11 is 0. The molecule has 0 radical (unpaired) electrons. The van der Waals surface area contributed by atoms with Crippen LogP contribution in [0.1, 0.15) is 26.3 Å². The van der Waals surface area contributed by atoms with Crippen molar-refractivity contribution in [2.24, 2.45) is 10.4 Å². The summed E-state index contributed by atoms with van der Waals surface area (Å²) < 4.78 is 11.5. The number of aromatic nitrogens is 2. The number of aliphatic imine (C=N–C) groups is 1. The van der Waals surface area contributed by atoms with Gasteiger partial charge in [0.15, 0.2) is 5.96 Å². The second-order valence-electron chi connectivity index (χ2n) is 8.89. The molecule has 4 rings (SSSR count). The number of benzene rings is 2. The SMILES string of the molecule is COc1cc2c(Oc3cccc(NC(=N)NC4=NCC(C(C)(C)C)=C4)c3)ncnc2cc1C. The summed E-state index contributed by atoms with van der Waals surface area (Å²) in [7, 11) is 1.63. The summed E-state index contributed by atoms with van der Waals surface area (Å²) in [6.07, 6.45) is 3.49. The van der Waals surface area contributed by atoms with Gasteiger partial charge in [-0.3, -0.25) is 10.4 Å². The third-order valence-corrected chi connectivity index (χ3v) is 5.38. The third-order valence-electron chi connectivity index (χ3n) is 5.38. The molecule has 0 aliphatic carbocycles. The maximum Gasteiger partial charge on any atom is 0.230 e. The Morgan fingerprint density at radius 1 is 1.09 bits per heavy atom. The number of hydrogen-bond donors (Lipinski definition) is 3. The van der Waals surface area contributed by atoms with E-state index in [1.54, 1.807) is 7.11 Å². The highest BCUT2D eigenvalue weighted by Gasteiger charge is 2.21. The first-order valence-electron chi connectivity index (χ1n) is 10.7. The molecule has 0 bridgehead atoms. The molecule has 0 saturated carbocycles. The Labute approximate surface area is 193 Å². The highest BCUT2D eigenvalue weighted by molar-refractivity contribution is 6.09. The van der Waals surface area contributed by atoms with Gasteiger partial charge >= 0.3 is 0 Å². The standard InChI is InChI=1S/C25H28N6O2/c1-15-9-20-19(12-21(15)32-5)23(29-14-28-20)33-18-8-6-7-17(11-18)30-24(26)31-22-10-16(13-27-22)25(2,3)4/h6-12,14H,13H2,1-5H3,(H3,26,27,30,31). The van der Waals surface area contributed by atoms with Gasteiger partial charge in [0.05, 0.1) is 24.6 Å². The van der Waals surface area contributed by atoms with Crippen LogP contribution >= 0.6 is 0 Å². The van der Waals surface area contributed by atoms with Gasteiger partial charge in [0.2, 0.25) is 5.88 Å². The summed E-state index contributed by atoms with van der Waals surface area (Å²) in [6, 6.07) is 11.2. The third kappa shape index (κ3) is 5.11. The molecule has 0 unspecified atom stereocenters. The van der Waals surface area contributed by atoms with Gasteiger partial charge in [-0.15, -0.1) is 0 Å². The Bertz CT molecular complexity index is 1270. The number of nitrogens with one attached hydrogen (secondary N) is 3. The van der Waals surface area contributed by atoms with E-state index >= 15 is 0 Å². The Balaban J connectivity index is 1.48. The zero-order chi connectivity index (χ0) is 23.6. The number of guanidine groups is 1. The number of methoxy groups -OCH3 is 1. The minimum absolute atomic E-state index is 0.0576. The molecule has 3 aromatic rings. The lowest BCUT2D eigenvalue weighted by Crippen LogP contribution is -2.33. The zero-order valence-electron chi connectivity index (χ0n) is 19.5. The highest BCUT2D eigenvalue weighted by Crippen LogP contribution is 2.32. The maximum absolute atomic E-state index is 8.27. The Hall–Kier alpha value is -3.94. The van der Waals surface area contributed by atoms with Gasteiger partial charge in [0, 0.05) is 11.8 Å². The molecule has 33 heavy (non-hydrogen) atoms. The Kier molecular flexibility index (Phi) is 6.00. The summed E-state index contributed by atoms with van der Waals surface area (Å²) in [5, 5.41) is 15.1. The smallest absolute Gasteiger partial charge is 0.230 e. The number of anilines is 1. The number of rotatable bonds is 4. The van der Waals surface area contributed by atoms with Crippen molar-refractivity contribution in [2.75, 3.05) is 19.0 Å². The summed E-state index contributed by atoms with van der Waals surface area (Å²) in [5.41, 5.74) is 3.76. The summed E-state index contributed by atoms with van der Waals surface area (Å²) in [5.74, 6) is 2.58. The fourth-order valence-electron chi connectivity index (χ4n) is 3.47. The molecule has 2 aromatic carbocycles. The van der Waals surface area contributed by atoms with Crippen LogP contribution in [-0.4, -0.2) is 35.4 Å². The van der Waals surface area contributed by atoms with E-state index in [2.05, 4.69) is 46.4 Å². The lowest BCUT2D eigenvalue weighted by molar-refractivity contribution is 0.412. The molecule has 3 N–H and O–H groups in total. The van der Waals surface area contributed by atoms with Crippen molar-refractivity contribution in [3.63, 3.8) is 0 Å². The average Bonchev–Trinajstić information content (AvgIpc) is 3.22. The van der Waals surface area contributed by atoms with Gasteiger partial charge in [-0.2, -0.15) is 0 Å². The number of fused-ring (bicyclic) bond motifs is 1. The fourth-order valence-corrected chi connectivity index (χ4v) is 3.47. The number of nitrogens with zero attached hydrogens (tertiary/aromatic N) is 3. The van der Waals surface area contributed by atoms with Gasteiger partial charge in [0.1, 0.15) is 23.7 Å². The van der Waals surface area contributed by atoms with Crippen molar-refractivity contribution in [1.82, 2.24) is 15.3 Å². The fraction of sp³-hybridized carbons (Fsp3) is 0.280. The van der Waals surface area contributed by atoms with Crippen molar-refractivity contribution < 1.29 is 9.47 Å². The first kappa shape index (κ1) is 22.3. The predicted octanol–water partition coefficient (Wildman–Crippen LogP) is 5.06. The van der Waals surface area contributed by atoms with E-state index in [4.69, 9.17) is 14.9 Å². The van der Waals surface area contributed by atoms with E-state index < -0.39 is 0 Å². The Morgan fingerprint density at radius 3 is 2.64 bits per heavy atom. The van der Waals surface area contributed by atoms with Crippen molar-refractivity contribution in [3.8, 4) is 17.4 Å². The first-order chi connectivity index (χ1) is 15.7. The van der Waals surface area contributed by atoms with Crippen LogP contribution in [0.3, 0.4) is 0 Å². The minimum Gasteiger partial charge on any atom is -0.496 e. The number of ether oxygens (including phenoxy) is 2. The second-order valence-corrected chi connectivity index (χ2v) is 8.89. The molecular formula is C25H28N6O2. The molecule has 1 aromatic heterocycles. The number of aryl methyl sites for hydroxylation is 1. The van der Waals surface area contributed by atoms with Gasteiger partial charge in [-0.25, -0.2) is 9.97 Å². The van der Waals surface area contributed by atoms with Crippen LogP contribution in [0.5, 0.6) is 17.4 Å². The highest BCUT2D eigenvalue weighted by atomic mass is 16.5. The number of amidine groups is 1. The van der Waals surface area contributed by atoms with E-state index in [1.807, 2.05) is 49.4 Å². The van der Waals surface area contributed by atoms with E-state index in [1.165, 1.54) is 11.9 Å². The monoisotopic (exact) mass is 444 g/mol. The quantitative estimate of drug-likeness (QED) is 0.384. The van der Waals surface area contributed by atoms with Crippen LogP contribution in [0.25, 0.3) is 10.9 Å². The van der Waals surface area contributed by atoms with Crippen molar-refractivity contribution in [2.45, 2.75) is 27.7 Å². The van der Waals surface area contributed by atoms with Crippen LogP contribution in [0.4, 0.5) is 5.69 Å². The molecule has 0 fully saturated rings. The topological polar surface area (TPSA) is 105 Å². The molecule has 1 aliphatic heterocycles. The van der Waals surface area contributed by atoms with E-state index in [0.29, 0.717) is 29.7 Å². The molecule has 2 heterocycles. The molecule has 8 heteroatoms. The van der Waals surface area contributed by atoms with Crippen molar-refractivity contribution >= 4 is 28.4 Å². The average molecular weight is 445 g/mol. The van der Waals surface area contributed by atoms with Gasteiger partial charge in [0.25, 0.3) is 0 Å². The van der Waals surface area contributed by atoms with Crippen LogP contribution in [0.2, 0.25) is 0 Å².